The van der Waals surface area contributed by atoms with Crippen LogP contribution in [0.25, 0.3) is 0 Å². The van der Waals surface area contributed by atoms with Crippen molar-refractivity contribution in [1.29, 1.82) is 0 Å². The molecule has 10 heavy (non-hydrogen) atoms. The Morgan fingerprint density at radius 3 is 2.70 bits per heavy atom. The van der Waals surface area contributed by atoms with E-state index >= 15 is 0 Å². The van der Waals surface area contributed by atoms with Crippen molar-refractivity contribution < 1.29 is 9.21 Å². The van der Waals surface area contributed by atoms with E-state index < -0.39 is 0 Å². The molecule has 1 rings (SSSR count). The van der Waals surface area contributed by atoms with E-state index in [1.54, 1.807) is 6.07 Å². The lowest BCUT2D eigenvalue weighted by Crippen LogP contribution is -1.78. The highest BCUT2D eigenvalue weighted by Gasteiger charge is 2.03. The standard InChI is InChI=1S/C6H4Br2O2/c7-5-3-4(1-2-9)10-6(5)8/h2-3H,1H2. The average Bonchev–Trinajstić information content (AvgIpc) is 2.14. The van der Waals surface area contributed by atoms with Crippen LogP contribution in [0.1, 0.15) is 5.76 Å². The topological polar surface area (TPSA) is 30.2 Å². The van der Waals surface area contributed by atoms with Gasteiger partial charge in [0.2, 0.25) is 0 Å². The highest BCUT2D eigenvalue weighted by molar-refractivity contribution is 9.13. The van der Waals surface area contributed by atoms with Gasteiger partial charge in [0.15, 0.2) is 4.67 Å². The molecule has 0 bridgehead atoms. The van der Waals surface area contributed by atoms with Crippen LogP contribution in [0, 0.1) is 0 Å². The fourth-order valence-corrected chi connectivity index (χ4v) is 1.23. The van der Waals surface area contributed by atoms with Crippen molar-refractivity contribution in [2.45, 2.75) is 6.42 Å². The van der Waals surface area contributed by atoms with Gasteiger partial charge in [0, 0.05) is 0 Å². The van der Waals surface area contributed by atoms with E-state index in [0.717, 1.165) is 10.8 Å². The number of halogens is 2. The van der Waals surface area contributed by atoms with E-state index in [4.69, 9.17) is 4.42 Å². The number of hydrogen-bond acceptors (Lipinski definition) is 2. The minimum atomic E-state index is 0.324. The van der Waals surface area contributed by atoms with Gasteiger partial charge in [-0.2, -0.15) is 0 Å². The van der Waals surface area contributed by atoms with Gasteiger partial charge in [0.25, 0.3) is 0 Å². The van der Waals surface area contributed by atoms with Crippen molar-refractivity contribution in [2.24, 2.45) is 0 Å². The highest BCUT2D eigenvalue weighted by Crippen LogP contribution is 2.26. The first-order valence-corrected chi connectivity index (χ1v) is 4.20. The molecule has 1 aromatic rings. The quantitative estimate of drug-likeness (QED) is 0.771. The molecule has 0 aliphatic rings. The van der Waals surface area contributed by atoms with Crippen molar-refractivity contribution in [3.05, 3.63) is 21.0 Å². The summed E-state index contributed by atoms with van der Waals surface area (Å²) >= 11 is 6.39. The molecule has 0 fully saturated rings. The first kappa shape index (κ1) is 8.01. The predicted molar refractivity (Wildman–Crippen MR) is 43.9 cm³/mol. The summed E-state index contributed by atoms with van der Waals surface area (Å²) in [5.74, 6) is 0.661. The molecule has 0 spiro atoms. The molecule has 1 aromatic heterocycles. The van der Waals surface area contributed by atoms with Gasteiger partial charge in [0.05, 0.1) is 10.9 Å². The molecular weight excluding hydrogens is 264 g/mol. The van der Waals surface area contributed by atoms with Crippen LogP contribution in [-0.4, -0.2) is 6.29 Å². The van der Waals surface area contributed by atoms with Gasteiger partial charge >= 0.3 is 0 Å². The summed E-state index contributed by atoms with van der Waals surface area (Å²) in [5, 5.41) is 0. The fraction of sp³-hybridized carbons (Fsp3) is 0.167. The Morgan fingerprint density at radius 1 is 1.60 bits per heavy atom. The zero-order valence-corrected chi connectivity index (χ0v) is 8.11. The molecule has 4 heteroatoms. The fourth-order valence-electron chi connectivity index (χ4n) is 0.574. The lowest BCUT2D eigenvalue weighted by Gasteiger charge is -1.81. The molecule has 1 heterocycles. The Hall–Kier alpha value is -0.0900. The lowest BCUT2D eigenvalue weighted by atomic mass is 10.4. The van der Waals surface area contributed by atoms with Crippen molar-refractivity contribution in [3.8, 4) is 0 Å². The number of carbonyl (C=O) groups is 1. The number of carbonyl (C=O) groups excluding carboxylic acids is 1. The maximum absolute atomic E-state index is 10.0. The van der Waals surface area contributed by atoms with Gasteiger partial charge in [0.1, 0.15) is 12.0 Å². The summed E-state index contributed by atoms with van der Waals surface area (Å²) in [6, 6.07) is 1.76. The van der Waals surface area contributed by atoms with Crippen LogP contribution in [0.15, 0.2) is 19.6 Å². The van der Waals surface area contributed by atoms with E-state index in [2.05, 4.69) is 31.9 Å². The van der Waals surface area contributed by atoms with Gasteiger partial charge in [-0.3, -0.25) is 0 Å². The maximum Gasteiger partial charge on any atom is 0.183 e. The van der Waals surface area contributed by atoms with Crippen LogP contribution in [0.2, 0.25) is 0 Å². The van der Waals surface area contributed by atoms with Gasteiger partial charge in [-0.05, 0) is 37.9 Å². The summed E-state index contributed by atoms with van der Waals surface area (Å²) < 4.78 is 6.56. The number of rotatable bonds is 2. The molecule has 0 radical (unpaired) electrons. The molecule has 54 valence electrons. The smallest absolute Gasteiger partial charge is 0.183 e. The SMILES string of the molecule is O=CCc1cc(Br)c(Br)o1. The van der Waals surface area contributed by atoms with Crippen molar-refractivity contribution >= 4 is 38.1 Å². The number of aldehydes is 1. The zero-order valence-electron chi connectivity index (χ0n) is 4.93. The summed E-state index contributed by atoms with van der Waals surface area (Å²) in [7, 11) is 0. The monoisotopic (exact) mass is 266 g/mol. The number of furan rings is 1. The molecule has 0 aliphatic carbocycles. The van der Waals surface area contributed by atoms with Crippen LogP contribution in [-0.2, 0) is 11.2 Å². The third-order valence-electron chi connectivity index (χ3n) is 0.981. The van der Waals surface area contributed by atoms with Crippen LogP contribution >= 0.6 is 31.9 Å². The predicted octanol–water partition coefficient (Wildman–Crippen LogP) is 2.55. The second kappa shape index (κ2) is 3.34. The van der Waals surface area contributed by atoms with Crippen LogP contribution in [0.4, 0.5) is 0 Å². The first-order valence-electron chi connectivity index (χ1n) is 2.61. The zero-order chi connectivity index (χ0) is 7.56. The van der Waals surface area contributed by atoms with Gasteiger partial charge < -0.3 is 9.21 Å². The van der Waals surface area contributed by atoms with Crippen LogP contribution < -0.4 is 0 Å². The average molecular weight is 268 g/mol. The van der Waals surface area contributed by atoms with E-state index in [1.807, 2.05) is 0 Å². The third kappa shape index (κ3) is 1.70. The maximum atomic E-state index is 10.0. The Bertz CT molecular complexity index is 222. The molecule has 0 amide bonds. The lowest BCUT2D eigenvalue weighted by molar-refractivity contribution is -0.107. The highest BCUT2D eigenvalue weighted by atomic mass is 79.9. The first-order chi connectivity index (χ1) is 4.74. The molecular formula is C6H4Br2O2. The van der Waals surface area contributed by atoms with Crippen molar-refractivity contribution in [2.75, 3.05) is 0 Å². The Kier molecular flexibility index (Phi) is 2.68. The second-order valence-electron chi connectivity index (χ2n) is 1.71. The van der Waals surface area contributed by atoms with Crippen LogP contribution in [0.3, 0.4) is 0 Å². The molecule has 0 saturated heterocycles. The molecule has 0 aromatic carbocycles. The Morgan fingerprint density at radius 2 is 2.30 bits per heavy atom. The second-order valence-corrected chi connectivity index (χ2v) is 3.28. The normalized spacial score (nSPS) is 9.80. The largest absolute Gasteiger partial charge is 0.453 e. The molecule has 0 aliphatic heterocycles. The van der Waals surface area contributed by atoms with Gasteiger partial charge in [-0.1, -0.05) is 0 Å². The van der Waals surface area contributed by atoms with E-state index in [9.17, 15) is 4.79 Å². The molecule has 0 unspecified atom stereocenters. The molecule has 0 saturated carbocycles. The Balaban J connectivity index is 2.86. The van der Waals surface area contributed by atoms with Crippen molar-refractivity contribution in [1.82, 2.24) is 0 Å². The minimum absolute atomic E-state index is 0.324. The summed E-state index contributed by atoms with van der Waals surface area (Å²) in [6.07, 6.45) is 1.13. The number of hydrogen-bond donors (Lipinski definition) is 0. The van der Waals surface area contributed by atoms with Crippen LogP contribution in [0.5, 0.6) is 0 Å². The van der Waals surface area contributed by atoms with Crippen molar-refractivity contribution in [3.63, 3.8) is 0 Å². The van der Waals surface area contributed by atoms with Gasteiger partial charge in [-0.15, -0.1) is 0 Å². The van der Waals surface area contributed by atoms with E-state index in [1.165, 1.54) is 0 Å². The minimum Gasteiger partial charge on any atom is -0.453 e. The van der Waals surface area contributed by atoms with Gasteiger partial charge in [-0.25, -0.2) is 0 Å². The summed E-state index contributed by atoms with van der Waals surface area (Å²) in [5.41, 5.74) is 0. The van der Waals surface area contributed by atoms with E-state index in [-0.39, 0.29) is 0 Å². The summed E-state index contributed by atoms with van der Waals surface area (Å²) in [4.78, 5) is 10.0. The summed E-state index contributed by atoms with van der Waals surface area (Å²) in [6.45, 7) is 0. The molecule has 2 nitrogen and oxygen atoms in total. The Labute approximate surface area is 74.9 Å². The molecule has 0 N–H and O–H groups in total. The van der Waals surface area contributed by atoms with E-state index in [0.29, 0.717) is 16.9 Å². The third-order valence-corrected chi connectivity index (χ3v) is 2.69. The molecule has 0 atom stereocenters.